The summed E-state index contributed by atoms with van der Waals surface area (Å²) >= 11 is 1.34. The van der Waals surface area contributed by atoms with Crippen molar-refractivity contribution >= 4 is 29.2 Å². The molecule has 0 aliphatic carbocycles. The smallest absolute Gasteiger partial charge is 0.324 e. The SMILES string of the molecule is CCN1CCN(C(=O)NC[C@@](O)(c2ccoc2)c2cccs2)C(=O)C1=O. The molecule has 1 aliphatic heterocycles. The van der Waals surface area contributed by atoms with Crippen molar-refractivity contribution in [3.63, 3.8) is 0 Å². The summed E-state index contributed by atoms with van der Waals surface area (Å²) in [7, 11) is 0. The van der Waals surface area contributed by atoms with Crippen molar-refractivity contribution in [2.75, 3.05) is 26.2 Å². The van der Waals surface area contributed by atoms with Gasteiger partial charge in [-0.3, -0.25) is 14.5 Å². The average molecular weight is 377 g/mol. The van der Waals surface area contributed by atoms with E-state index in [-0.39, 0.29) is 13.1 Å². The van der Waals surface area contributed by atoms with Crippen LogP contribution in [0.15, 0.2) is 40.5 Å². The molecule has 26 heavy (non-hydrogen) atoms. The zero-order chi connectivity index (χ0) is 18.7. The molecule has 1 saturated heterocycles. The summed E-state index contributed by atoms with van der Waals surface area (Å²) in [6.07, 6.45) is 2.84. The molecule has 9 heteroatoms. The zero-order valence-electron chi connectivity index (χ0n) is 14.2. The van der Waals surface area contributed by atoms with Crippen LogP contribution in [0.4, 0.5) is 4.79 Å². The fourth-order valence-corrected chi connectivity index (χ4v) is 3.66. The summed E-state index contributed by atoms with van der Waals surface area (Å²) in [5, 5.41) is 15.5. The van der Waals surface area contributed by atoms with E-state index >= 15 is 0 Å². The number of aliphatic hydroxyl groups is 1. The second kappa shape index (κ2) is 7.30. The third-order valence-corrected chi connectivity index (χ3v) is 5.38. The fraction of sp³-hybridized carbons (Fsp3) is 0.353. The van der Waals surface area contributed by atoms with Crippen LogP contribution in [0.2, 0.25) is 0 Å². The lowest BCUT2D eigenvalue weighted by molar-refractivity contribution is -0.153. The highest BCUT2D eigenvalue weighted by atomic mass is 32.1. The number of thiophene rings is 1. The Morgan fingerprint density at radius 3 is 2.77 bits per heavy atom. The molecule has 0 unspecified atom stereocenters. The minimum atomic E-state index is -1.49. The summed E-state index contributed by atoms with van der Waals surface area (Å²) in [4.78, 5) is 39.4. The van der Waals surface area contributed by atoms with Crippen LogP contribution >= 0.6 is 11.3 Å². The normalized spacial score (nSPS) is 17.3. The van der Waals surface area contributed by atoms with Gasteiger partial charge in [0.15, 0.2) is 0 Å². The number of nitrogens with zero attached hydrogens (tertiary/aromatic N) is 2. The molecule has 0 saturated carbocycles. The van der Waals surface area contributed by atoms with Crippen LogP contribution in [0.25, 0.3) is 0 Å². The Morgan fingerprint density at radius 2 is 2.15 bits per heavy atom. The second-order valence-corrected chi connectivity index (χ2v) is 6.80. The second-order valence-electron chi connectivity index (χ2n) is 5.85. The molecule has 0 aromatic carbocycles. The van der Waals surface area contributed by atoms with Crippen molar-refractivity contribution in [2.24, 2.45) is 0 Å². The molecule has 2 aromatic heterocycles. The van der Waals surface area contributed by atoms with E-state index in [1.807, 2.05) is 5.38 Å². The van der Waals surface area contributed by atoms with Crippen LogP contribution in [0, 0.1) is 0 Å². The van der Waals surface area contributed by atoms with E-state index in [0.717, 1.165) is 4.90 Å². The van der Waals surface area contributed by atoms with Crippen molar-refractivity contribution in [1.29, 1.82) is 0 Å². The molecule has 138 valence electrons. The van der Waals surface area contributed by atoms with Gasteiger partial charge in [0.05, 0.1) is 19.1 Å². The summed E-state index contributed by atoms with van der Waals surface area (Å²) in [6, 6.07) is 4.44. The number of likely N-dealkylation sites (N-methyl/N-ethyl adjacent to an activating group) is 1. The standard InChI is InChI=1S/C17H19N3O5S/c1-2-19-6-7-20(15(22)14(19)21)16(23)18-11-17(24,12-5-8-25-10-12)13-4-3-9-26-13/h3-5,8-10,24H,2,6-7,11H2,1H3,(H,18,23)/t17-/m1/s1. The van der Waals surface area contributed by atoms with Crippen molar-refractivity contribution < 1.29 is 23.9 Å². The number of rotatable bonds is 5. The van der Waals surface area contributed by atoms with E-state index in [0.29, 0.717) is 23.5 Å². The summed E-state index contributed by atoms with van der Waals surface area (Å²) in [6.45, 7) is 2.44. The van der Waals surface area contributed by atoms with Crippen LogP contribution in [-0.2, 0) is 15.2 Å². The predicted octanol–water partition coefficient (Wildman–Crippen LogP) is 0.977. The van der Waals surface area contributed by atoms with Gasteiger partial charge in [0.1, 0.15) is 5.60 Å². The summed E-state index contributed by atoms with van der Waals surface area (Å²) in [5.41, 5.74) is -1.01. The van der Waals surface area contributed by atoms with Crippen molar-refractivity contribution in [3.05, 3.63) is 46.5 Å². The minimum Gasteiger partial charge on any atom is -0.472 e. The molecule has 1 atom stereocenters. The molecule has 3 heterocycles. The van der Waals surface area contributed by atoms with Gasteiger partial charge in [0, 0.05) is 30.1 Å². The van der Waals surface area contributed by atoms with Crippen LogP contribution in [0.1, 0.15) is 17.4 Å². The Labute approximate surface area is 154 Å². The van der Waals surface area contributed by atoms with Crippen LogP contribution in [-0.4, -0.2) is 58.9 Å². The van der Waals surface area contributed by atoms with Gasteiger partial charge < -0.3 is 19.7 Å². The van der Waals surface area contributed by atoms with E-state index < -0.39 is 23.4 Å². The van der Waals surface area contributed by atoms with Gasteiger partial charge in [0.25, 0.3) is 0 Å². The van der Waals surface area contributed by atoms with E-state index in [4.69, 9.17) is 4.42 Å². The van der Waals surface area contributed by atoms with Gasteiger partial charge in [-0.25, -0.2) is 4.79 Å². The largest absolute Gasteiger partial charge is 0.472 e. The number of nitrogens with one attached hydrogen (secondary N) is 1. The summed E-state index contributed by atoms with van der Waals surface area (Å²) < 4.78 is 5.05. The number of furan rings is 1. The van der Waals surface area contributed by atoms with Crippen LogP contribution < -0.4 is 5.32 Å². The number of carbonyl (C=O) groups excluding carboxylic acids is 3. The van der Waals surface area contributed by atoms with Gasteiger partial charge in [-0.2, -0.15) is 0 Å². The van der Waals surface area contributed by atoms with E-state index in [9.17, 15) is 19.5 Å². The Kier molecular flexibility index (Phi) is 5.10. The Hall–Kier alpha value is -2.65. The van der Waals surface area contributed by atoms with Crippen molar-refractivity contribution in [2.45, 2.75) is 12.5 Å². The molecule has 8 nitrogen and oxygen atoms in total. The lowest BCUT2D eigenvalue weighted by atomic mass is 9.94. The first-order chi connectivity index (χ1) is 12.5. The van der Waals surface area contributed by atoms with Gasteiger partial charge in [-0.05, 0) is 24.4 Å². The van der Waals surface area contributed by atoms with E-state index in [1.54, 1.807) is 25.1 Å². The summed E-state index contributed by atoms with van der Waals surface area (Å²) in [5.74, 6) is -1.56. The molecule has 1 fully saturated rings. The molecule has 4 amide bonds. The first-order valence-electron chi connectivity index (χ1n) is 8.15. The monoisotopic (exact) mass is 377 g/mol. The van der Waals surface area contributed by atoms with Crippen LogP contribution in [0.5, 0.6) is 0 Å². The number of imide groups is 1. The minimum absolute atomic E-state index is 0.118. The molecule has 1 aliphatic rings. The quantitative estimate of drug-likeness (QED) is 0.756. The van der Waals surface area contributed by atoms with Gasteiger partial charge in [-0.15, -0.1) is 11.3 Å². The lowest BCUT2D eigenvalue weighted by Crippen LogP contribution is -2.59. The first-order valence-corrected chi connectivity index (χ1v) is 9.03. The number of amides is 4. The zero-order valence-corrected chi connectivity index (χ0v) is 15.0. The molecule has 3 rings (SSSR count). The highest BCUT2D eigenvalue weighted by Gasteiger charge is 2.38. The molecule has 0 radical (unpaired) electrons. The predicted molar refractivity (Wildman–Crippen MR) is 93.4 cm³/mol. The maximum atomic E-state index is 12.4. The molecular formula is C17H19N3O5S. The number of carbonyl (C=O) groups is 3. The highest BCUT2D eigenvalue weighted by Crippen LogP contribution is 2.32. The first kappa shape index (κ1) is 18.2. The third kappa shape index (κ3) is 3.23. The fourth-order valence-electron chi connectivity index (χ4n) is 2.81. The van der Waals surface area contributed by atoms with Crippen molar-refractivity contribution in [1.82, 2.24) is 15.1 Å². The van der Waals surface area contributed by atoms with Crippen LogP contribution in [0.3, 0.4) is 0 Å². The van der Waals surface area contributed by atoms with Gasteiger partial charge >= 0.3 is 17.8 Å². The lowest BCUT2D eigenvalue weighted by Gasteiger charge is -2.33. The maximum Gasteiger partial charge on any atom is 0.324 e. The molecule has 0 spiro atoms. The molecule has 2 N–H and O–H groups in total. The van der Waals surface area contributed by atoms with Crippen molar-refractivity contribution in [3.8, 4) is 0 Å². The van der Waals surface area contributed by atoms with Gasteiger partial charge in [-0.1, -0.05) is 6.07 Å². The topological polar surface area (TPSA) is 103 Å². The molecule has 0 bridgehead atoms. The number of hydrogen-bond acceptors (Lipinski definition) is 6. The van der Waals surface area contributed by atoms with Gasteiger partial charge in [0.2, 0.25) is 0 Å². The number of piperazine rings is 1. The highest BCUT2D eigenvalue weighted by molar-refractivity contribution is 7.10. The average Bonchev–Trinajstić information content (AvgIpc) is 3.35. The molecular weight excluding hydrogens is 358 g/mol. The number of urea groups is 1. The Bertz CT molecular complexity index is 753. The Balaban J connectivity index is 1.73. The Morgan fingerprint density at radius 1 is 1.35 bits per heavy atom. The number of hydrogen-bond donors (Lipinski definition) is 2. The molecule has 2 aromatic rings. The van der Waals surface area contributed by atoms with E-state index in [1.165, 1.54) is 28.8 Å². The van der Waals surface area contributed by atoms with E-state index in [2.05, 4.69) is 5.32 Å². The maximum absolute atomic E-state index is 12.4. The third-order valence-electron chi connectivity index (χ3n) is 4.36.